The number of fused-ring (bicyclic) bond motifs is 8. The largest absolute Gasteiger partial charge is 1.00 e. The molecule has 7 rings (SSSR count). The summed E-state index contributed by atoms with van der Waals surface area (Å²) >= 11 is 1.61. The monoisotopic (exact) mass is 770 g/mol. The molecule has 8 unspecified atom stereocenters. The Morgan fingerprint density at radius 1 is 0.796 bits per heavy atom. The Hall–Kier alpha value is -1.53. The molecule has 6 aliphatic rings. The maximum absolute atomic E-state index is 2.99. The minimum atomic E-state index is 0. The molecule has 1 aromatic carbocycles. The van der Waals surface area contributed by atoms with Crippen molar-refractivity contribution in [1.29, 1.82) is 0 Å². The zero-order valence-corrected chi connectivity index (χ0v) is 35.4. The summed E-state index contributed by atoms with van der Waals surface area (Å²) in [5.41, 5.74) is 3.20. The van der Waals surface area contributed by atoms with E-state index in [1.807, 2.05) is 12.2 Å². The molecule has 0 spiro atoms. The van der Waals surface area contributed by atoms with Gasteiger partial charge < -0.3 is 31.2 Å². The first-order chi connectivity index (χ1) is 22.2. The maximum Gasteiger partial charge on any atom is -0.109 e. The summed E-state index contributed by atoms with van der Waals surface area (Å²) in [6.07, 6.45) is 44.4. The number of benzene rings is 1. The summed E-state index contributed by atoms with van der Waals surface area (Å²) < 4.78 is 1.69. The summed E-state index contributed by atoms with van der Waals surface area (Å²) in [4.78, 5) is 0. The first-order valence-electron chi connectivity index (χ1n) is 18.0. The van der Waals surface area contributed by atoms with Gasteiger partial charge in [0.05, 0.1) is 0 Å². The summed E-state index contributed by atoms with van der Waals surface area (Å²) in [7, 11) is 0. The molecule has 0 aliphatic heterocycles. The van der Waals surface area contributed by atoms with Crippen LogP contribution < -0.4 is 24.8 Å². The Kier molecular flexibility index (Phi) is 13.3. The van der Waals surface area contributed by atoms with E-state index in [9.17, 15) is 0 Å². The van der Waals surface area contributed by atoms with Gasteiger partial charge >= 0.3 is 95.9 Å². The van der Waals surface area contributed by atoms with Gasteiger partial charge in [0.25, 0.3) is 0 Å². The molecule has 0 heterocycles. The summed E-state index contributed by atoms with van der Waals surface area (Å²) in [6, 6.07) is 10.8. The minimum absolute atomic E-state index is 0. The zero-order valence-electron chi connectivity index (χ0n) is 31.4. The fraction of sp³-hybridized carbons (Fsp3) is 0.478. The van der Waals surface area contributed by atoms with Crippen molar-refractivity contribution in [1.82, 2.24) is 0 Å². The van der Waals surface area contributed by atoms with Crippen molar-refractivity contribution in [3.63, 3.8) is 0 Å². The second-order valence-electron chi connectivity index (χ2n) is 16.1. The van der Waals surface area contributed by atoms with Crippen LogP contribution in [0, 0.1) is 56.3 Å². The predicted molar refractivity (Wildman–Crippen MR) is 200 cm³/mol. The number of hydrogen-bond donors (Lipinski definition) is 0. The van der Waals surface area contributed by atoms with Crippen LogP contribution in [0.1, 0.15) is 93.6 Å². The summed E-state index contributed by atoms with van der Waals surface area (Å²) in [6.45, 7) is 22.6. The van der Waals surface area contributed by atoms with Crippen molar-refractivity contribution in [2.45, 2.75) is 94.4 Å². The molecule has 3 heteroatoms. The van der Waals surface area contributed by atoms with E-state index in [0.29, 0.717) is 5.92 Å². The third kappa shape index (κ3) is 6.03. The Morgan fingerprint density at radius 2 is 1.37 bits per heavy atom. The number of rotatable bonds is 5. The van der Waals surface area contributed by atoms with Crippen LogP contribution in [-0.4, -0.2) is 3.21 Å². The van der Waals surface area contributed by atoms with Gasteiger partial charge in [-0.2, -0.15) is 6.08 Å². The zero-order chi connectivity index (χ0) is 34.2. The molecule has 0 radical (unpaired) electrons. The fourth-order valence-electron chi connectivity index (χ4n) is 10.9. The molecular weight excluding hydrogens is 715 g/mol. The van der Waals surface area contributed by atoms with Crippen molar-refractivity contribution in [3.8, 4) is 0 Å². The molecule has 1 aromatic rings. The molecular formula is C46H58Cl2Zr-2. The van der Waals surface area contributed by atoms with Crippen LogP contribution in [-0.2, 0) is 30.7 Å². The van der Waals surface area contributed by atoms with E-state index < -0.39 is 0 Å². The molecule has 0 N–H and O–H groups in total. The second kappa shape index (κ2) is 15.6. The molecule has 0 saturated heterocycles. The van der Waals surface area contributed by atoms with E-state index in [0.717, 1.165) is 6.42 Å². The quantitative estimate of drug-likeness (QED) is 0.318. The van der Waals surface area contributed by atoms with E-state index in [1.54, 1.807) is 27.4 Å². The van der Waals surface area contributed by atoms with E-state index in [-0.39, 0.29) is 62.7 Å². The van der Waals surface area contributed by atoms with Gasteiger partial charge in [0.15, 0.2) is 0 Å². The van der Waals surface area contributed by atoms with Crippen molar-refractivity contribution in [2.24, 2.45) is 43.8 Å². The summed E-state index contributed by atoms with van der Waals surface area (Å²) in [5, 5.41) is 0. The Morgan fingerprint density at radius 3 is 1.90 bits per heavy atom. The maximum atomic E-state index is 2.99. The van der Waals surface area contributed by atoms with Crippen molar-refractivity contribution < 1.29 is 49.0 Å². The smallest absolute Gasteiger partial charge is 0.109 e. The van der Waals surface area contributed by atoms with E-state index in [4.69, 9.17) is 0 Å². The molecule has 6 aliphatic carbocycles. The van der Waals surface area contributed by atoms with Gasteiger partial charge in [0.2, 0.25) is 0 Å². The van der Waals surface area contributed by atoms with Crippen LogP contribution >= 0.6 is 0 Å². The Labute approximate surface area is 327 Å². The van der Waals surface area contributed by atoms with Crippen LogP contribution in [0.5, 0.6) is 0 Å². The van der Waals surface area contributed by atoms with E-state index in [1.165, 1.54) is 36.8 Å². The Balaban J connectivity index is 0.000000271. The molecule has 49 heavy (non-hydrogen) atoms. The molecule has 0 aromatic heterocycles. The van der Waals surface area contributed by atoms with Gasteiger partial charge in [0, 0.05) is 10.8 Å². The van der Waals surface area contributed by atoms with Gasteiger partial charge in [0.1, 0.15) is 0 Å². The number of hydrogen-bond acceptors (Lipinski definition) is 0. The molecule has 262 valence electrons. The second-order valence-corrected chi connectivity index (χ2v) is 17.8. The normalized spacial score (nSPS) is 39.4. The average Bonchev–Trinajstić information content (AvgIpc) is 3.70. The van der Waals surface area contributed by atoms with Crippen LogP contribution in [0.25, 0.3) is 0 Å². The van der Waals surface area contributed by atoms with Gasteiger partial charge in [-0.25, -0.2) is 12.2 Å². The van der Waals surface area contributed by atoms with E-state index >= 15 is 0 Å². The van der Waals surface area contributed by atoms with Crippen LogP contribution in [0.15, 0.2) is 121 Å². The molecule has 0 nitrogen and oxygen atoms in total. The molecule has 2 saturated carbocycles. The van der Waals surface area contributed by atoms with Crippen LogP contribution in [0.4, 0.5) is 0 Å². The fourth-order valence-corrected chi connectivity index (χ4v) is 11.8. The number of unbranched alkanes of at least 4 members (excludes halogenated alkanes) is 1. The first-order valence-corrected chi connectivity index (χ1v) is 19.2. The Bertz CT molecular complexity index is 1580. The third-order valence-corrected chi connectivity index (χ3v) is 15.8. The van der Waals surface area contributed by atoms with E-state index in [2.05, 4.69) is 178 Å². The van der Waals surface area contributed by atoms with Gasteiger partial charge in [-0.05, 0) is 28.6 Å². The average molecular weight is 773 g/mol. The summed E-state index contributed by atoms with van der Waals surface area (Å²) in [5.74, 6) is 0.460. The number of halogens is 2. The number of allylic oxidation sites excluding steroid dienone is 16. The van der Waals surface area contributed by atoms with Crippen molar-refractivity contribution in [2.75, 3.05) is 0 Å². The molecule has 2 fully saturated rings. The van der Waals surface area contributed by atoms with Crippen molar-refractivity contribution >= 4 is 3.21 Å². The van der Waals surface area contributed by atoms with Crippen LogP contribution in [0.2, 0.25) is 0 Å². The minimum Gasteiger partial charge on any atom is -1.00 e. The topological polar surface area (TPSA) is 0 Å². The predicted octanol–water partition coefficient (Wildman–Crippen LogP) is 6.10. The van der Waals surface area contributed by atoms with Gasteiger partial charge in [-0.15, -0.1) is 23.8 Å². The standard InChI is InChI=1S/C29H37.C12H16.C5H5.2ClH.Zr/c1-21-14-13-15-22-20-27(6)25(4)18-10-9-16-23(25,2)24(3)17-11-12-19-26(24,5)29(27,8)28(21,22)7;1-2-3-4-6-9-12-10-7-5-8-11-12;1-2-4-5-3-1;;;/h9-20,22H,1-8H3;5,7-8,10-11H,2-4,9H2,1H3;1-3H,4H2;2*1H;/q-1;;-1;;;+2/p-2. The van der Waals surface area contributed by atoms with Crippen LogP contribution in [0.3, 0.4) is 0 Å². The van der Waals surface area contributed by atoms with Gasteiger partial charge in [-0.1, -0.05) is 115 Å². The van der Waals surface area contributed by atoms with Gasteiger partial charge in [-0.3, -0.25) is 6.08 Å². The molecule has 0 bridgehead atoms. The SMILES string of the molecule is CC1=CC=CC2[CH-]C3(C)C4(C)C=CC=CC4(C)C4(C)C=CC=CC4(C)C3(C)C12C.CCCC[C](=[Zr+2])Cc1ccccc1.[C-]1=CC=CC1.[Cl-].[Cl-]. The third-order valence-electron chi connectivity index (χ3n) is 14.7. The molecule has 8 atom stereocenters. The molecule has 0 amide bonds. The first kappa shape index (κ1) is 41.9. The van der Waals surface area contributed by atoms with Crippen molar-refractivity contribution in [3.05, 3.63) is 139 Å².